The molecule has 2 aliphatic heterocycles. The molecule has 1 amide bonds. The molecule has 1 aliphatic carbocycles. The summed E-state index contributed by atoms with van der Waals surface area (Å²) in [7, 11) is 1.88. The minimum absolute atomic E-state index is 0.0241. The second-order valence-electron chi connectivity index (χ2n) is 13.3. The Labute approximate surface area is 249 Å². The molecule has 230 valence electrons. The van der Waals surface area contributed by atoms with E-state index in [1.165, 1.54) is 11.0 Å². The lowest BCUT2D eigenvalue weighted by molar-refractivity contribution is -0.138. The molecule has 0 N–H and O–H groups in total. The highest BCUT2D eigenvalue weighted by Gasteiger charge is 2.49. The van der Waals surface area contributed by atoms with Crippen LogP contribution in [0.1, 0.15) is 97.9 Å². The maximum atomic E-state index is 14.5. The van der Waals surface area contributed by atoms with Crippen LogP contribution in [0.25, 0.3) is 0 Å². The molecule has 0 bridgehead atoms. The van der Waals surface area contributed by atoms with Crippen LogP contribution in [0, 0.1) is 11.8 Å². The van der Waals surface area contributed by atoms with Crippen LogP contribution in [0.5, 0.6) is 0 Å². The van der Waals surface area contributed by atoms with Gasteiger partial charge in [-0.15, -0.1) is 10.2 Å². The molecule has 3 aromatic rings. The number of pyridine rings is 1. The summed E-state index contributed by atoms with van der Waals surface area (Å²) in [5.74, 6) is 1.07. The zero-order valence-electron chi connectivity index (χ0n) is 25.4. The molecule has 0 unspecified atom stereocenters. The number of hydrogen-bond donors (Lipinski definition) is 0. The first-order valence-electron chi connectivity index (χ1n) is 15.2. The molecule has 43 heavy (non-hydrogen) atoms. The molecule has 2 aromatic heterocycles. The monoisotopic (exact) mass is 596 g/mol. The van der Waals surface area contributed by atoms with Gasteiger partial charge >= 0.3 is 6.18 Å². The fourth-order valence-corrected chi connectivity index (χ4v) is 7.52. The number of rotatable bonds is 6. The maximum Gasteiger partial charge on any atom is 0.416 e. The SMILES string of the molecule is CC1CC(c2cc(N3Cc4c(cc(CN5CCC[C@@H](C)C5)cc4C(F)(F)F)C3=O)c(=O)n(C(C)C)c2)(c2nncn2C)C1. The zero-order valence-corrected chi connectivity index (χ0v) is 25.4. The van der Waals surface area contributed by atoms with Gasteiger partial charge in [0.25, 0.3) is 11.5 Å². The number of hydrogen-bond acceptors (Lipinski definition) is 5. The van der Waals surface area contributed by atoms with Crippen LogP contribution in [0.15, 0.2) is 35.5 Å². The fourth-order valence-electron chi connectivity index (χ4n) is 7.52. The van der Waals surface area contributed by atoms with Crippen LogP contribution in [-0.2, 0) is 31.7 Å². The number of alkyl halides is 3. The molecule has 1 atom stereocenters. The third-order valence-electron chi connectivity index (χ3n) is 9.51. The number of amides is 1. The van der Waals surface area contributed by atoms with E-state index in [2.05, 4.69) is 28.9 Å². The van der Waals surface area contributed by atoms with Crippen molar-refractivity contribution in [1.82, 2.24) is 24.2 Å². The van der Waals surface area contributed by atoms with E-state index >= 15 is 0 Å². The van der Waals surface area contributed by atoms with Crippen LogP contribution in [0.2, 0.25) is 0 Å². The number of piperidine rings is 1. The van der Waals surface area contributed by atoms with E-state index in [0.717, 1.165) is 50.2 Å². The number of aryl methyl sites for hydroxylation is 1. The van der Waals surface area contributed by atoms with E-state index in [-0.39, 0.29) is 29.4 Å². The Balaban J connectivity index is 1.44. The molecule has 0 spiro atoms. The third kappa shape index (κ3) is 5.09. The summed E-state index contributed by atoms with van der Waals surface area (Å²) >= 11 is 0. The average molecular weight is 597 g/mol. The molecule has 4 heterocycles. The Morgan fingerprint density at radius 3 is 2.44 bits per heavy atom. The highest BCUT2D eigenvalue weighted by atomic mass is 19.4. The lowest BCUT2D eigenvalue weighted by Gasteiger charge is -2.46. The Kier molecular flexibility index (Phi) is 7.30. The van der Waals surface area contributed by atoms with E-state index in [1.807, 2.05) is 31.7 Å². The van der Waals surface area contributed by atoms with Gasteiger partial charge in [0.15, 0.2) is 0 Å². The molecular weight excluding hydrogens is 557 g/mol. The van der Waals surface area contributed by atoms with Gasteiger partial charge in [0, 0.05) is 37.9 Å². The number of carbonyl (C=O) groups is 1. The van der Waals surface area contributed by atoms with Crippen molar-refractivity contribution in [3.63, 3.8) is 0 Å². The van der Waals surface area contributed by atoms with Crippen molar-refractivity contribution >= 4 is 11.6 Å². The lowest BCUT2D eigenvalue weighted by Crippen LogP contribution is -2.44. The minimum Gasteiger partial charge on any atom is -0.320 e. The summed E-state index contributed by atoms with van der Waals surface area (Å²) in [6, 6.07) is 4.27. The number of aromatic nitrogens is 4. The van der Waals surface area contributed by atoms with Crippen LogP contribution in [-0.4, -0.2) is 43.2 Å². The molecule has 1 saturated heterocycles. The molecule has 6 rings (SSSR count). The topological polar surface area (TPSA) is 76.3 Å². The lowest BCUT2D eigenvalue weighted by atomic mass is 9.59. The predicted octanol–water partition coefficient (Wildman–Crippen LogP) is 5.68. The van der Waals surface area contributed by atoms with Crippen molar-refractivity contribution < 1.29 is 18.0 Å². The van der Waals surface area contributed by atoms with Gasteiger partial charge in [-0.1, -0.05) is 13.8 Å². The number of nitrogens with zero attached hydrogens (tertiary/aromatic N) is 6. The van der Waals surface area contributed by atoms with E-state index in [9.17, 15) is 22.8 Å². The van der Waals surface area contributed by atoms with Crippen molar-refractivity contribution in [3.8, 4) is 0 Å². The first-order valence-corrected chi connectivity index (χ1v) is 15.2. The number of fused-ring (bicyclic) bond motifs is 1. The number of anilines is 1. The Hall–Kier alpha value is -3.47. The molecular formula is C32H39F3N6O2. The van der Waals surface area contributed by atoms with Crippen LogP contribution < -0.4 is 10.5 Å². The second-order valence-corrected chi connectivity index (χ2v) is 13.3. The van der Waals surface area contributed by atoms with Gasteiger partial charge in [-0.2, -0.15) is 13.2 Å². The predicted molar refractivity (Wildman–Crippen MR) is 157 cm³/mol. The summed E-state index contributed by atoms with van der Waals surface area (Å²) in [4.78, 5) is 31.2. The van der Waals surface area contributed by atoms with Crippen LogP contribution >= 0.6 is 0 Å². The second kappa shape index (κ2) is 10.6. The van der Waals surface area contributed by atoms with Gasteiger partial charge < -0.3 is 9.13 Å². The summed E-state index contributed by atoms with van der Waals surface area (Å²) < 4.78 is 46.8. The van der Waals surface area contributed by atoms with Gasteiger partial charge in [-0.25, -0.2) is 0 Å². The highest BCUT2D eigenvalue weighted by molar-refractivity contribution is 6.10. The standard InChI is InChI=1S/C32H39F3N6O2/c1-19(2)40-16-23(31(12-21(4)13-31)30-37-36-18-38(30)5)11-27(29(40)43)41-17-25-24(28(41)42)9-22(10-26(25)32(33,34)35)15-39-8-6-7-20(3)14-39/h9-11,16,18-21H,6-8,12-15,17H2,1-5H3/t20-,21?,31?/m1/s1. The molecule has 3 aliphatic rings. The molecule has 1 aromatic carbocycles. The molecule has 1 saturated carbocycles. The van der Waals surface area contributed by atoms with Crippen molar-refractivity contribution in [2.24, 2.45) is 18.9 Å². The maximum absolute atomic E-state index is 14.5. The first kappa shape index (κ1) is 29.6. The largest absolute Gasteiger partial charge is 0.416 e. The van der Waals surface area contributed by atoms with Gasteiger partial charge in [0.2, 0.25) is 0 Å². The molecule has 0 radical (unpaired) electrons. The fraction of sp³-hybridized carbons (Fsp3) is 0.562. The Bertz CT molecular complexity index is 1620. The summed E-state index contributed by atoms with van der Waals surface area (Å²) in [6.45, 7) is 9.72. The highest BCUT2D eigenvalue weighted by Crippen LogP contribution is 2.52. The van der Waals surface area contributed by atoms with Crippen molar-refractivity contribution in [3.05, 3.63) is 74.7 Å². The molecule has 11 heteroatoms. The number of likely N-dealkylation sites (tertiary alicyclic amines) is 1. The molecule has 8 nitrogen and oxygen atoms in total. The Morgan fingerprint density at radius 2 is 1.84 bits per heavy atom. The normalized spacial score (nSPS) is 24.5. The van der Waals surface area contributed by atoms with E-state index in [1.54, 1.807) is 23.0 Å². The van der Waals surface area contributed by atoms with Crippen LogP contribution in [0.4, 0.5) is 18.9 Å². The van der Waals surface area contributed by atoms with Gasteiger partial charge in [0.1, 0.15) is 17.8 Å². The summed E-state index contributed by atoms with van der Waals surface area (Å²) in [5.41, 5.74) is -0.410. The molecule has 2 fully saturated rings. The number of halogens is 3. The van der Waals surface area contributed by atoms with Crippen LogP contribution in [0.3, 0.4) is 0 Å². The minimum atomic E-state index is -4.64. The van der Waals surface area contributed by atoms with Gasteiger partial charge in [0.05, 0.1) is 17.5 Å². The van der Waals surface area contributed by atoms with Gasteiger partial charge in [-0.3, -0.25) is 19.4 Å². The summed E-state index contributed by atoms with van der Waals surface area (Å²) in [6.07, 6.45) is 2.48. The van der Waals surface area contributed by atoms with Crippen molar-refractivity contribution in [1.29, 1.82) is 0 Å². The number of benzene rings is 1. The summed E-state index contributed by atoms with van der Waals surface area (Å²) in [5, 5.41) is 8.50. The third-order valence-corrected chi connectivity index (χ3v) is 9.51. The van der Waals surface area contributed by atoms with E-state index in [4.69, 9.17) is 0 Å². The van der Waals surface area contributed by atoms with Crippen molar-refractivity contribution in [2.75, 3.05) is 18.0 Å². The Morgan fingerprint density at radius 1 is 1.09 bits per heavy atom. The number of carbonyl (C=O) groups excluding carboxylic acids is 1. The first-order chi connectivity index (χ1) is 20.3. The van der Waals surface area contributed by atoms with E-state index < -0.39 is 28.6 Å². The van der Waals surface area contributed by atoms with Gasteiger partial charge in [-0.05, 0) is 92.8 Å². The average Bonchev–Trinajstić information content (AvgIpc) is 3.49. The smallest absolute Gasteiger partial charge is 0.320 e. The van der Waals surface area contributed by atoms with E-state index in [0.29, 0.717) is 23.9 Å². The quantitative estimate of drug-likeness (QED) is 0.366. The zero-order chi connectivity index (χ0) is 30.8. The van der Waals surface area contributed by atoms with Crippen molar-refractivity contribution in [2.45, 2.75) is 84.1 Å².